The normalized spacial score (nSPS) is 16.7. The van der Waals surface area contributed by atoms with Crippen molar-refractivity contribution in [1.82, 2.24) is 25.3 Å². The van der Waals surface area contributed by atoms with Crippen LogP contribution in [-0.4, -0.2) is 157 Å². The summed E-state index contributed by atoms with van der Waals surface area (Å²) in [5.74, 6) is -7.44. The van der Waals surface area contributed by atoms with Crippen LogP contribution in [0.1, 0.15) is 184 Å². The maximum atomic E-state index is 14.9. The van der Waals surface area contributed by atoms with Gasteiger partial charge >= 0.3 is 18.1 Å². The number of nitrogens with two attached hydrogens (primary N) is 1. The van der Waals surface area contributed by atoms with Gasteiger partial charge in [0.1, 0.15) is 12.4 Å². The lowest BCUT2D eigenvalue weighted by atomic mass is 9.83. The molecule has 0 aromatic heterocycles. The van der Waals surface area contributed by atoms with Crippen LogP contribution in [0, 0.1) is 52.8 Å². The lowest BCUT2D eigenvalue weighted by Gasteiger charge is -2.41. The Morgan fingerprint density at radius 3 is 1.92 bits per heavy atom. The number of likely N-dealkylation sites (tertiary alicyclic amines) is 1. The standard InChI is InChI=1S/C71H113N7O14/c1-17-47(8)64(59(90-15)42-61(83)78-37-25-29-55(78)65(91-16)48(9)56(79)40-52(68(86)87)38-49-26-20-18-21-27-49)76(13)67(85)54(44(2)3)41-58(81)63(46(6)7)77(14)70(89)92-43-50-31-33-53(34-32-50)74-66(84)51(28-24-36-73-69(72)88)39-57(80)62(45(4)5)75-60(82)30-22-19-23-35-71(10,11)12/h18,20-21,26-27,31-34,44-48,51-52,54-55,59,62-65H,17,19,22-25,28-30,35-43H2,1-16H3,(H,74,84)(H,75,82)(H,86,87)(H3,72,73,88)/t47-,48-,51+,52+,54-,55-,59+,62-,63-,64-,65+/m0/s1. The van der Waals surface area contributed by atoms with Gasteiger partial charge in [0, 0.05) is 90.5 Å². The fourth-order valence-corrected chi connectivity index (χ4v) is 12.7. The van der Waals surface area contributed by atoms with E-state index in [1.807, 2.05) is 85.7 Å². The molecule has 6 N–H and O–H groups in total. The summed E-state index contributed by atoms with van der Waals surface area (Å²) in [7, 11) is 6.16. The Morgan fingerprint density at radius 1 is 0.728 bits per heavy atom. The molecule has 0 aliphatic carbocycles. The Labute approximate surface area is 548 Å². The number of methoxy groups -OCH3 is 2. The van der Waals surface area contributed by atoms with Crippen molar-refractivity contribution in [1.29, 1.82) is 0 Å². The van der Waals surface area contributed by atoms with Crippen molar-refractivity contribution in [3.8, 4) is 0 Å². The van der Waals surface area contributed by atoms with E-state index < -0.39 is 84.0 Å². The van der Waals surface area contributed by atoms with Crippen LogP contribution in [0.2, 0.25) is 0 Å². The van der Waals surface area contributed by atoms with Crippen LogP contribution in [0.4, 0.5) is 15.3 Å². The van der Waals surface area contributed by atoms with Gasteiger partial charge in [0.2, 0.25) is 23.6 Å². The minimum atomic E-state index is -1.06. The molecule has 11 atom stereocenters. The average molecular weight is 1290 g/mol. The fourth-order valence-electron chi connectivity index (χ4n) is 12.7. The van der Waals surface area contributed by atoms with Crippen molar-refractivity contribution < 1.29 is 67.3 Å². The second kappa shape index (κ2) is 39.1. The Balaban J connectivity index is 1.70. The third-order valence-electron chi connectivity index (χ3n) is 18.3. The first-order valence-electron chi connectivity index (χ1n) is 33.4. The van der Waals surface area contributed by atoms with E-state index in [0.29, 0.717) is 56.3 Å². The molecule has 0 radical (unpaired) electrons. The number of rotatable bonds is 41. The average Bonchev–Trinajstić information content (AvgIpc) is 1.46. The first kappa shape index (κ1) is 79.5. The van der Waals surface area contributed by atoms with Crippen molar-refractivity contribution >= 4 is 64.8 Å². The quantitative estimate of drug-likeness (QED) is 0.0387. The van der Waals surface area contributed by atoms with E-state index in [1.54, 1.807) is 48.0 Å². The summed E-state index contributed by atoms with van der Waals surface area (Å²) in [5.41, 5.74) is 7.29. The number of aliphatic carboxylic acids is 1. The summed E-state index contributed by atoms with van der Waals surface area (Å²) in [5, 5.41) is 18.4. The predicted molar refractivity (Wildman–Crippen MR) is 356 cm³/mol. The van der Waals surface area contributed by atoms with Gasteiger partial charge in [-0.25, -0.2) is 9.59 Å². The molecule has 1 saturated heterocycles. The van der Waals surface area contributed by atoms with Crippen LogP contribution in [-0.2, 0) is 65.6 Å². The van der Waals surface area contributed by atoms with Gasteiger partial charge < -0.3 is 55.7 Å². The lowest BCUT2D eigenvalue weighted by Crippen LogP contribution is -2.54. The highest BCUT2D eigenvalue weighted by molar-refractivity contribution is 5.97. The van der Waals surface area contributed by atoms with E-state index in [9.17, 15) is 53.1 Å². The Morgan fingerprint density at radius 2 is 1.37 bits per heavy atom. The molecule has 3 rings (SSSR count). The third-order valence-corrected chi connectivity index (χ3v) is 18.3. The number of urea groups is 1. The van der Waals surface area contributed by atoms with Gasteiger partial charge in [-0.1, -0.05) is 145 Å². The summed E-state index contributed by atoms with van der Waals surface area (Å²) in [6.45, 7) is 23.7. The molecule has 1 heterocycles. The number of unbranched alkanes of at least 4 members (excludes halogenated alkanes) is 2. The van der Waals surface area contributed by atoms with Crippen LogP contribution >= 0.6 is 0 Å². The number of ketones is 3. The molecule has 7 amide bonds. The first-order valence-corrected chi connectivity index (χ1v) is 33.4. The molecule has 0 saturated carbocycles. The van der Waals surface area contributed by atoms with Gasteiger partial charge in [-0.3, -0.25) is 38.4 Å². The minimum absolute atomic E-state index is 0.0872. The van der Waals surface area contributed by atoms with Gasteiger partial charge in [0.15, 0.2) is 11.6 Å². The highest BCUT2D eigenvalue weighted by Crippen LogP contribution is 2.33. The molecular formula is C71H113N7O14. The summed E-state index contributed by atoms with van der Waals surface area (Å²) in [4.78, 5) is 141. The number of carbonyl (C=O) groups is 10. The molecule has 516 valence electrons. The molecule has 21 heteroatoms. The number of carboxylic acid groups (broad SMARTS) is 1. The first-order chi connectivity index (χ1) is 43.3. The van der Waals surface area contributed by atoms with Gasteiger partial charge in [-0.2, -0.15) is 0 Å². The highest BCUT2D eigenvalue weighted by atomic mass is 16.6. The summed E-state index contributed by atoms with van der Waals surface area (Å²) in [6, 6.07) is 12.3. The number of hydrogen-bond donors (Lipinski definition) is 5. The number of likely N-dealkylation sites (N-methyl/N-ethyl adjacent to an activating group) is 2. The third kappa shape index (κ3) is 25.6. The van der Waals surface area contributed by atoms with Crippen molar-refractivity contribution in [3.05, 3.63) is 65.7 Å². The number of anilines is 1. The number of benzene rings is 2. The van der Waals surface area contributed by atoms with Crippen LogP contribution < -0.4 is 21.7 Å². The monoisotopic (exact) mass is 1290 g/mol. The molecule has 0 spiro atoms. The maximum absolute atomic E-state index is 14.9. The highest BCUT2D eigenvalue weighted by Gasteiger charge is 2.44. The lowest BCUT2D eigenvalue weighted by molar-refractivity contribution is -0.149. The molecular weight excluding hydrogens is 1170 g/mol. The SMILES string of the molecule is CC[C@H](C)[C@@H]([C@@H](CC(=O)N1CCC[C@H]1[C@H](OC)[C@@H](C)C(=O)C[C@@H](Cc1ccccc1)C(=O)O)OC)N(C)C(=O)[C@@H](CC(=O)[C@H](C(C)C)N(C)C(=O)OCc1ccc(NC(=O)[C@H](CCCNC(N)=O)CC(=O)[C@@H](NC(=O)CCCCCC(C)(C)C)C(C)C)cc1)C(C)C. The van der Waals surface area contributed by atoms with Crippen molar-refractivity contribution in [2.45, 2.75) is 222 Å². The second-order valence-electron chi connectivity index (χ2n) is 27.8. The number of Topliss-reactive ketones (excluding diaryl/α,β-unsaturated/α-hetero) is 3. The van der Waals surface area contributed by atoms with Crippen molar-refractivity contribution in [2.24, 2.45) is 58.5 Å². The molecule has 0 unspecified atom stereocenters. The van der Waals surface area contributed by atoms with Gasteiger partial charge in [0.25, 0.3) is 0 Å². The van der Waals surface area contributed by atoms with E-state index in [2.05, 4.69) is 36.7 Å². The molecule has 21 nitrogen and oxygen atoms in total. The Hall–Kier alpha value is -6.74. The Bertz CT molecular complexity index is 2700. The van der Waals surface area contributed by atoms with Gasteiger partial charge in [0.05, 0.1) is 48.7 Å². The zero-order valence-electron chi connectivity index (χ0n) is 58.2. The van der Waals surface area contributed by atoms with E-state index in [1.165, 1.54) is 26.2 Å². The van der Waals surface area contributed by atoms with Crippen LogP contribution in [0.5, 0.6) is 0 Å². The topological polar surface area (TPSA) is 290 Å². The van der Waals surface area contributed by atoms with Crippen LogP contribution in [0.25, 0.3) is 0 Å². The number of carbonyl (C=O) groups excluding carboxylic acids is 9. The number of ether oxygens (including phenoxy) is 3. The molecule has 92 heavy (non-hydrogen) atoms. The van der Waals surface area contributed by atoms with E-state index >= 15 is 0 Å². The zero-order chi connectivity index (χ0) is 69.2. The second-order valence-corrected chi connectivity index (χ2v) is 27.8. The Kier molecular flexibility index (Phi) is 33.8. The van der Waals surface area contributed by atoms with Crippen LogP contribution in [0.3, 0.4) is 0 Å². The number of amides is 7. The van der Waals surface area contributed by atoms with Crippen LogP contribution in [0.15, 0.2) is 54.6 Å². The minimum Gasteiger partial charge on any atom is -0.481 e. The number of primary amides is 1. The molecule has 2 aromatic rings. The molecule has 2 aromatic carbocycles. The molecule has 1 fully saturated rings. The van der Waals surface area contributed by atoms with E-state index in [0.717, 1.165) is 24.8 Å². The summed E-state index contributed by atoms with van der Waals surface area (Å²) >= 11 is 0. The predicted octanol–water partition coefficient (Wildman–Crippen LogP) is 10.4. The molecule has 1 aliphatic rings. The largest absolute Gasteiger partial charge is 0.481 e. The summed E-state index contributed by atoms with van der Waals surface area (Å²) < 4.78 is 17.8. The molecule has 1 aliphatic heterocycles. The number of nitrogens with one attached hydrogen (secondary N) is 3. The number of hydrogen-bond acceptors (Lipinski definition) is 13. The van der Waals surface area contributed by atoms with E-state index in [4.69, 9.17) is 19.9 Å². The van der Waals surface area contributed by atoms with Crippen molar-refractivity contribution in [3.63, 3.8) is 0 Å². The maximum Gasteiger partial charge on any atom is 0.410 e. The fraction of sp³-hybridized carbons (Fsp3) is 0.690. The number of nitrogens with zero attached hydrogens (tertiary/aromatic N) is 3. The smallest absolute Gasteiger partial charge is 0.410 e. The van der Waals surface area contributed by atoms with Gasteiger partial charge in [-0.15, -0.1) is 0 Å². The zero-order valence-corrected chi connectivity index (χ0v) is 58.2. The van der Waals surface area contributed by atoms with E-state index in [-0.39, 0.29) is 116 Å². The van der Waals surface area contributed by atoms with Crippen molar-refractivity contribution in [2.75, 3.05) is 46.7 Å². The number of carboxylic acids is 1. The van der Waals surface area contributed by atoms with Gasteiger partial charge in [-0.05, 0) is 97.3 Å². The summed E-state index contributed by atoms with van der Waals surface area (Å²) in [6.07, 6.45) is 3.81. The molecule has 0 bridgehead atoms.